The fraction of sp³-hybridized carbons (Fsp3) is 0.542. The quantitative estimate of drug-likeness (QED) is 0.540. The van der Waals surface area contributed by atoms with Crippen LogP contribution in [-0.2, 0) is 0 Å². The van der Waals surface area contributed by atoms with Gasteiger partial charge in [-0.2, -0.15) is 4.98 Å². The van der Waals surface area contributed by atoms with Gasteiger partial charge in [0.25, 0.3) is 0 Å². The second-order valence-electron chi connectivity index (χ2n) is 10.6. The van der Waals surface area contributed by atoms with Crippen LogP contribution in [0.4, 0.5) is 21.8 Å². The molecule has 0 saturated carbocycles. The van der Waals surface area contributed by atoms with Crippen LogP contribution in [-0.4, -0.2) is 59.2 Å². The average molecular weight is 468 g/mol. The summed E-state index contributed by atoms with van der Waals surface area (Å²) in [5, 5.41) is 18.5. The van der Waals surface area contributed by atoms with Gasteiger partial charge < -0.3 is 10.6 Å². The Hall–Kier alpha value is -3.14. The Bertz CT molecular complexity index is 1140. The number of nitrogens with zero attached hydrogens (tertiary/aromatic N) is 7. The van der Waals surface area contributed by atoms with E-state index in [0.29, 0.717) is 11.8 Å². The van der Waals surface area contributed by atoms with Crippen LogP contribution in [0.15, 0.2) is 30.5 Å². The van der Waals surface area contributed by atoms with E-state index in [1.165, 1.54) is 6.20 Å². The number of benzene rings is 1. The fourth-order valence-electron chi connectivity index (χ4n) is 4.79. The zero-order valence-corrected chi connectivity index (χ0v) is 21.0. The van der Waals surface area contributed by atoms with Gasteiger partial charge in [0.2, 0.25) is 5.95 Å². The maximum Gasteiger partial charge on any atom is 0.229 e. The molecule has 0 amide bonds. The molecule has 0 bridgehead atoms. The highest BCUT2D eigenvalue weighted by molar-refractivity contribution is 5.65. The first-order valence-electron chi connectivity index (χ1n) is 11.6. The maximum absolute atomic E-state index is 14.6. The van der Waals surface area contributed by atoms with Gasteiger partial charge >= 0.3 is 0 Å². The third-order valence-corrected chi connectivity index (χ3v) is 6.75. The largest absolute Gasteiger partial charge is 0.365 e. The van der Waals surface area contributed by atoms with Crippen LogP contribution < -0.4 is 10.6 Å². The van der Waals surface area contributed by atoms with Crippen molar-refractivity contribution in [2.24, 2.45) is 0 Å². The standard InChI is InChI=1S/C24H34FN9/c1-15(2)34-21(30-31-32-34)16-9-8-10-17(11-16)28-22-26-14-19(25)20(29-22)27-18-12-23(3,4)33(7)24(5,6)13-18/h8-11,14-15,18H,12-13H2,1-7H3,(H2,26,27,28,29). The van der Waals surface area contributed by atoms with Crippen LogP contribution in [0, 0.1) is 5.82 Å². The Balaban J connectivity index is 1.54. The van der Waals surface area contributed by atoms with Crippen molar-refractivity contribution in [3.05, 3.63) is 36.3 Å². The number of likely N-dealkylation sites (tertiary alicyclic amines) is 1. The minimum absolute atomic E-state index is 0.0180. The summed E-state index contributed by atoms with van der Waals surface area (Å²) in [6, 6.07) is 7.89. The molecular formula is C24H34FN9. The molecule has 182 valence electrons. The van der Waals surface area contributed by atoms with Crippen LogP contribution in [0.2, 0.25) is 0 Å². The van der Waals surface area contributed by atoms with Crippen molar-refractivity contribution in [2.45, 2.75) is 77.5 Å². The molecule has 0 radical (unpaired) electrons. The number of rotatable bonds is 6. The topological polar surface area (TPSA) is 96.7 Å². The smallest absolute Gasteiger partial charge is 0.229 e. The monoisotopic (exact) mass is 467 g/mol. The molecule has 2 N–H and O–H groups in total. The molecule has 0 spiro atoms. The SMILES string of the molecule is CC(C)n1nnnc1-c1cccc(Nc2ncc(F)c(NC3CC(C)(C)N(C)C(C)(C)C3)n2)c1. The van der Waals surface area contributed by atoms with Crippen LogP contribution in [0.3, 0.4) is 0 Å². The van der Waals surface area contributed by atoms with Gasteiger partial charge in [-0.15, -0.1) is 5.10 Å². The highest BCUT2D eigenvalue weighted by Gasteiger charge is 2.43. The van der Waals surface area contributed by atoms with Crippen molar-refractivity contribution in [2.75, 3.05) is 17.7 Å². The zero-order valence-electron chi connectivity index (χ0n) is 21.0. The molecule has 0 atom stereocenters. The van der Waals surface area contributed by atoms with E-state index in [0.717, 1.165) is 24.1 Å². The highest BCUT2D eigenvalue weighted by atomic mass is 19.1. The van der Waals surface area contributed by atoms with Gasteiger partial charge in [0.15, 0.2) is 17.5 Å². The first-order chi connectivity index (χ1) is 16.0. The van der Waals surface area contributed by atoms with Gasteiger partial charge in [-0.25, -0.2) is 14.1 Å². The Morgan fingerprint density at radius 3 is 2.50 bits per heavy atom. The number of tetrazole rings is 1. The van der Waals surface area contributed by atoms with E-state index in [9.17, 15) is 4.39 Å². The molecule has 3 heterocycles. The number of nitrogens with one attached hydrogen (secondary N) is 2. The van der Waals surface area contributed by atoms with Crippen molar-refractivity contribution in [1.29, 1.82) is 0 Å². The van der Waals surface area contributed by atoms with E-state index < -0.39 is 5.82 Å². The van der Waals surface area contributed by atoms with Crippen molar-refractivity contribution < 1.29 is 4.39 Å². The van der Waals surface area contributed by atoms with Gasteiger partial charge in [0.05, 0.1) is 12.2 Å². The molecule has 3 aromatic rings. The van der Waals surface area contributed by atoms with Gasteiger partial charge in [0, 0.05) is 28.4 Å². The summed E-state index contributed by atoms with van der Waals surface area (Å²) in [5.74, 6) is 0.730. The Labute approximate surface area is 200 Å². The number of hydrogen-bond donors (Lipinski definition) is 2. The summed E-state index contributed by atoms with van der Waals surface area (Å²) in [6.45, 7) is 12.9. The van der Waals surface area contributed by atoms with Gasteiger partial charge in [0.1, 0.15) is 0 Å². The third kappa shape index (κ3) is 4.86. The molecule has 1 aromatic carbocycles. The molecule has 2 aromatic heterocycles. The lowest BCUT2D eigenvalue weighted by Crippen LogP contribution is -2.61. The summed E-state index contributed by atoms with van der Waals surface area (Å²) >= 11 is 0. The normalized spacial score (nSPS) is 18.3. The molecule has 4 rings (SSSR count). The lowest BCUT2D eigenvalue weighted by Gasteiger charge is -2.53. The van der Waals surface area contributed by atoms with Crippen molar-refractivity contribution in [3.63, 3.8) is 0 Å². The molecule has 1 aliphatic rings. The van der Waals surface area contributed by atoms with Gasteiger partial charge in [-0.05, 0) is 84.0 Å². The number of aromatic nitrogens is 6. The lowest BCUT2D eigenvalue weighted by atomic mass is 9.77. The molecule has 34 heavy (non-hydrogen) atoms. The zero-order chi connectivity index (χ0) is 24.7. The van der Waals surface area contributed by atoms with Crippen LogP contribution in [0.1, 0.15) is 60.4 Å². The Morgan fingerprint density at radius 1 is 1.12 bits per heavy atom. The van der Waals surface area contributed by atoms with Gasteiger partial charge in [-0.3, -0.25) is 4.90 Å². The Kier molecular flexibility index (Phi) is 6.28. The number of piperidine rings is 1. The molecule has 10 heteroatoms. The minimum Gasteiger partial charge on any atom is -0.365 e. The summed E-state index contributed by atoms with van der Waals surface area (Å²) in [7, 11) is 2.15. The van der Waals surface area contributed by atoms with Crippen LogP contribution in [0.5, 0.6) is 0 Å². The maximum atomic E-state index is 14.6. The molecule has 9 nitrogen and oxygen atoms in total. The lowest BCUT2D eigenvalue weighted by molar-refractivity contribution is -0.00778. The number of anilines is 3. The van der Waals surface area contributed by atoms with Crippen molar-refractivity contribution in [3.8, 4) is 11.4 Å². The number of hydrogen-bond acceptors (Lipinski definition) is 8. The van der Waals surface area contributed by atoms with Crippen LogP contribution in [0.25, 0.3) is 11.4 Å². The minimum atomic E-state index is -0.468. The molecule has 0 aliphatic carbocycles. The van der Waals surface area contributed by atoms with Crippen molar-refractivity contribution >= 4 is 17.5 Å². The summed E-state index contributed by atoms with van der Waals surface area (Å²) in [5.41, 5.74) is 1.58. The van der Waals surface area contributed by atoms with E-state index >= 15 is 0 Å². The molecule has 0 unspecified atom stereocenters. The van der Waals surface area contributed by atoms with Crippen LogP contribution >= 0.6 is 0 Å². The molecular weight excluding hydrogens is 433 g/mol. The predicted octanol–water partition coefficient (Wildman–Crippen LogP) is 4.66. The highest BCUT2D eigenvalue weighted by Crippen LogP contribution is 2.38. The van der Waals surface area contributed by atoms with E-state index in [1.807, 2.05) is 38.1 Å². The summed E-state index contributed by atoms with van der Waals surface area (Å²) in [6.07, 6.45) is 2.96. The van der Waals surface area contributed by atoms with E-state index in [1.54, 1.807) is 4.68 Å². The Morgan fingerprint density at radius 2 is 1.82 bits per heavy atom. The third-order valence-electron chi connectivity index (χ3n) is 6.75. The first-order valence-corrected chi connectivity index (χ1v) is 11.6. The first kappa shape index (κ1) is 24.0. The van der Waals surface area contributed by atoms with E-state index in [4.69, 9.17) is 0 Å². The second-order valence-corrected chi connectivity index (χ2v) is 10.6. The fourth-order valence-corrected chi connectivity index (χ4v) is 4.79. The summed E-state index contributed by atoms with van der Waals surface area (Å²) in [4.78, 5) is 11.0. The number of halogens is 1. The average Bonchev–Trinajstić information content (AvgIpc) is 3.25. The second kappa shape index (κ2) is 8.90. The molecule has 1 aliphatic heterocycles. The van der Waals surface area contributed by atoms with E-state index in [-0.39, 0.29) is 29.0 Å². The summed E-state index contributed by atoms with van der Waals surface area (Å²) < 4.78 is 16.4. The molecule has 1 saturated heterocycles. The molecule has 1 fully saturated rings. The van der Waals surface area contributed by atoms with Gasteiger partial charge in [-0.1, -0.05) is 12.1 Å². The van der Waals surface area contributed by atoms with Crippen molar-refractivity contribution in [1.82, 2.24) is 35.1 Å². The predicted molar refractivity (Wildman–Crippen MR) is 131 cm³/mol. The van der Waals surface area contributed by atoms with E-state index in [2.05, 4.69) is 75.8 Å².